The predicted molar refractivity (Wildman–Crippen MR) is 51.2 cm³/mol. The first-order valence-electron chi connectivity index (χ1n) is 4.14. The van der Waals surface area contributed by atoms with Crippen LogP contribution in [0.1, 0.15) is 20.8 Å². The maximum absolute atomic E-state index is 11.5. The van der Waals surface area contributed by atoms with Crippen LogP contribution < -0.4 is 5.32 Å². The lowest BCUT2D eigenvalue weighted by Gasteiger charge is -2.17. The van der Waals surface area contributed by atoms with Gasteiger partial charge >= 0.3 is 0 Å². The maximum Gasteiger partial charge on any atom is 0.229 e. The van der Waals surface area contributed by atoms with Crippen molar-refractivity contribution in [2.75, 3.05) is 5.32 Å². The standard InChI is InChI=1S/C10H13N2O/c1-10(2,3)9(13)12-8-5-4-6-11-7-8/h4-5,7H,1-3H3,(H,12,13). The van der Waals surface area contributed by atoms with Gasteiger partial charge in [0.2, 0.25) is 5.91 Å². The van der Waals surface area contributed by atoms with E-state index >= 15 is 0 Å². The molecule has 0 fully saturated rings. The summed E-state index contributed by atoms with van der Waals surface area (Å²) in [7, 11) is 0. The fourth-order valence-electron chi connectivity index (χ4n) is 0.712. The first-order chi connectivity index (χ1) is 6.00. The highest BCUT2D eigenvalue weighted by Crippen LogP contribution is 2.16. The summed E-state index contributed by atoms with van der Waals surface area (Å²) >= 11 is 0. The van der Waals surface area contributed by atoms with Gasteiger partial charge in [0, 0.05) is 5.41 Å². The Balaban J connectivity index is 2.66. The van der Waals surface area contributed by atoms with Crippen molar-refractivity contribution in [3.05, 3.63) is 24.5 Å². The van der Waals surface area contributed by atoms with Crippen LogP contribution in [0.3, 0.4) is 0 Å². The molecule has 0 saturated carbocycles. The summed E-state index contributed by atoms with van der Waals surface area (Å²) in [6.45, 7) is 5.60. The highest BCUT2D eigenvalue weighted by molar-refractivity contribution is 5.94. The number of rotatable bonds is 1. The molecule has 1 radical (unpaired) electrons. The molecule has 0 saturated heterocycles. The minimum Gasteiger partial charge on any atom is -0.324 e. The average molecular weight is 177 g/mol. The molecule has 3 nitrogen and oxygen atoms in total. The van der Waals surface area contributed by atoms with Gasteiger partial charge in [0.05, 0.1) is 18.1 Å². The van der Waals surface area contributed by atoms with Gasteiger partial charge < -0.3 is 5.32 Å². The summed E-state index contributed by atoms with van der Waals surface area (Å²) in [5.41, 5.74) is 0.332. The molecule has 1 N–H and O–H groups in total. The van der Waals surface area contributed by atoms with Crippen LogP contribution in [-0.2, 0) is 4.79 Å². The lowest BCUT2D eigenvalue weighted by Crippen LogP contribution is -2.27. The smallest absolute Gasteiger partial charge is 0.229 e. The largest absolute Gasteiger partial charge is 0.324 e. The van der Waals surface area contributed by atoms with E-state index in [4.69, 9.17) is 0 Å². The van der Waals surface area contributed by atoms with Crippen molar-refractivity contribution in [2.45, 2.75) is 20.8 Å². The van der Waals surface area contributed by atoms with E-state index in [1.54, 1.807) is 18.3 Å². The van der Waals surface area contributed by atoms with Gasteiger partial charge in [-0.2, -0.15) is 0 Å². The van der Waals surface area contributed by atoms with E-state index in [1.807, 2.05) is 20.8 Å². The van der Waals surface area contributed by atoms with Gasteiger partial charge in [-0.1, -0.05) is 20.8 Å². The van der Waals surface area contributed by atoms with E-state index in [1.165, 1.54) is 0 Å². The molecule has 69 valence electrons. The second kappa shape index (κ2) is 3.56. The number of amides is 1. The Hall–Kier alpha value is -1.38. The highest BCUT2D eigenvalue weighted by atomic mass is 16.2. The van der Waals surface area contributed by atoms with E-state index in [-0.39, 0.29) is 11.3 Å². The Morgan fingerprint density at radius 3 is 2.69 bits per heavy atom. The van der Waals surface area contributed by atoms with Gasteiger partial charge in [0.15, 0.2) is 0 Å². The number of carbonyl (C=O) groups excluding carboxylic acids is 1. The van der Waals surface area contributed by atoms with Crippen LogP contribution in [0, 0.1) is 11.6 Å². The van der Waals surface area contributed by atoms with E-state index < -0.39 is 0 Å². The minimum absolute atomic E-state index is 0.0134. The molecule has 0 aliphatic heterocycles. The zero-order chi connectivity index (χ0) is 9.90. The lowest BCUT2D eigenvalue weighted by atomic mass is 9.96. The van der Waals surface area contributed by atoms with Crippen molar-refractivity contribution in [3.8, 4) is 0 Å². The van der Waals surface area contributed by atoms with Gasteiger partial charge in [-0.05, 0) is 12.1 Å². The van der Waals surface area contributed by atoms with Crippen molar-refractivity contribution >= 4 is 11.6 Å². The van der Waals surface area contributed by atoms with Crippen LogP contribution in [0.5, 0.6) is 0 Å². The Morgan fingerprint density at radius 2 is 2.23 bits per heavy atom. The van der Waals surface area contributed by atoms with Gasteiger partial charge in [0.25, 0.3) is 0 Å². The number of nitrogens with one attached hydrogen (secondary N) is 1. The summed E-state index contributed by atoms with van der Waals surface area (Å²) in [5.74, 6) is -0.0134. The third-order valence-electron chi connectivity index (χ3n) is 1.55. The summed E-state index contributed by atoms with van der Waals surface area (Å²) in [4.78, 5) is 15.3. The van der Waals surface area contributed by atoms with Crippen molar-refractivity contribution in [2.24, 2.45) is 5.41 Å². The third-order valence-corrected chi connectivity index (χ3v) is 1.55. The molecule has 0 unspecified atom stereocenters. The average Bonchev–Trinajstić information content (AvgIpc) is 2.04. The van der Waals surface area contributed by atoms with E-state index in [0.717, 1.165) is 0 Å². The molecule has 0 aliphatic carbocycles. The highest BCUT2D eigenvalue weighted by Gasteiger charge is 2.20. The number of anilines is 1. The minimum atomic E-state index is -0.375. The van der Waals surface area contributed by atoms with Crippen LogP contribution in [0.25, 0.3) is 0 Å². The first-order valence-corrected chi connectivity index (χ1v) is 4.14. The Morgan fingerprint density at radius 1 is 1.54 bits per heavy atom. The maximum atomic E-state index is 11.5. The van der Waals surface area contributed by atoms with Crippen molar-refractivity contribution in [1.29, 1.82) is 0 Å². The van der Waals surface area contributed by atoms with Crippen LogP contribution >= 0.6 is 0 Å². The van der Waals surface area contributed by atoms with Crippen molar-refractivity contribution < 1.29 is 4.79 Å². The molecular weight excluding hydrogens is 164 g/mol. The summed E-state index contributed by atoms with van der Waals surface area (Å²) in [6.07, 6.45) is 4.22. The molecule has 0 bridgehead atoms. The molecule has 0 aromatic carbocycles. The van der Waals surface area contributed by atoms with E-state index in [0.29, 0.717) is 5.69 Å². The molecule has 0 atom stereocenters. The lowest BCUT2D eigenvalue weighted by molar-refractivity contribution is -0.123. The number of aromatic nitrogens is 1. The number of hydrogen-bond donors (Lipinski definition) is 1. The quantitative estimate of drug-likeness (QED) is 0.711. The molecule has 13 heavy (non-hydrogen) atoms. The monoisotopic (exact) mass is 177 g/mol. The topological polar surface area (TPSA) is 42.0 Å². The Kier molecular flexibility index (Phi) is 2.66. The van der Waals surface area contributed by atoms with Gasteiger partial charge in [0.1, 0.15) is 0 Å². The van der Waals surface area contributed by atoms with E-state index in [9.17, 15) is 4.79 Å². The SMILES string of the molecule is CC(C)(C)C(=O)Nc1cc[c]nc1. The molecule has 3 heteroatoms. The van der Waals surface area contributed by atoms with Crippen molar-refractivity contribution in [1.82, 2.24) is 4.98 Å². The molecule has 1 aromatic heterocycles. The number of nitrogens with zero attached hydrogens (tertiary/aromatic N) is 1. The number of hydrogen-bond acceptors (Lipinski definition) is 2. The number of carbonyl (C=O) groups is 1. The van der Waals surface area contributed by atoms with Crippen LogP contribution in [0.2, 0.25) is 0 Å². The molecule has 0 aliphatic rings. The van der Waals surface area contributed by atoms with E-state index in [2.05, 4.69) is 16.5 Å². The second-order valence-corrected chi connectivity index (χ2v) is 3.88. The molecule has 1 rings (SSSR count). The first kappa shape index (κ1) is 9.71. The van der Waals surface area contributed by atoms with Crippen LogP contribution in [-0.4, -0.2) is 10.9 Å². The van der Waals surface area contributed by atoms with Gasteiger partial charge in [-0.15, -0.1) is 0 Å². The zero-order valence-corrected chi connectivity index (χ0v) is 8.09. The van der Waals surface area contributed by atoms with Gasteiger partial charge in [-0.25, -0.2) is 0 Å². The molecule has 1 amide bonds. The van der Waals surface area contributed by atoms with Crippen molar-refractivity contribution in [3.63, 3.8) is 0 Å². The molecule has 1 aromatic rings. The van der Waals surface area contributed by atoms with Gasteiger partial charge in [-0.3, -0.25) is 9.78 Å². The second-order valence-electron chi connectivity index (χ2n) is 3.88. The zero-order valence-electron chi connectivity index (χ0n) is 8.09. The molecule has 1 heterocycles. The third kappa shape index (κ3) is 2.86. The Bertz CT molecular complexity index is 288. The normalized spacial score (nSPS) is 11.0. The fraction of sp³-hybridized carbons (Fsp3) is 0.400. The van der Waals surface area contributed by atoms with Crippen LogP contribution in [0.15, 0.2) is 18.3 Å². The molecule has 0 spiro atoms. The molecular formula is C10H13N2O. The fourth-order valence-corrected chi connectivity index (χ4v) is 0.712. The number of pyridine rings is 1. The summed E-state index contributed by atoms with van der Waals surface area (Å²) < 4.78 is 0. The summed E-state index contributed by atoms with van der Waals surface area (Å²) in [6, 6.07) is 3.43. The predicted octanol–water partition coefficient (Wildman–Crippen LogP) is 1.87. The Labute approximate surface area is 78.2 Å². The van der Waals surface area contributed by atoms with Crippen LogP contribution in [0.4, 0.5) is 5.69 Å². The summed E-state index contributed by atoms with van der Waals surface area (Å²) in [5, 5.41) is 2.76.